The number of aliphatic hydroxyl groups excluding tert-OH is 1. The lowest BCUT2D eigenvalue weighted by atomic mass is 9.88. The Labute approximate surface area is 110 Å². The van der Waals surface area contributed by atoms with Crippen LogP contribution in [0.5, 0.6) is 0 Å². The number of carbonyl (C=O) groups is 1. The maximum absolute atomic E-state index is 12.3. The molecule has 0 aliphatic heterocycles. The van der Waals surface area contributed by atoms with Crippen LogP contribution in [0.3, 0.4) is 0 Å². The molecule has 0 radical (unpaired) electrons. The Morgan fingerprint density at radius 1 is 0.833 bits per heavy atom. The number of carbonyl (C=O) groups excluding carboxylic acids is 1. The van der Waals surface area contributed by atoms with Crippen LogP contribution in [-0.2, 0) is 4.79 Å². The highest BCUT2D eigenvalue weighted by Gasteiger charge is 2.27. The minimum Gasteiger partial charge on any atom is -0.391 e. The SMILES string of the molecule is O=C(NC1CCCCC1O)C1CCCCCCC1. The Hall–Kier alpha value is -0.570. The van der Waals surface area contributed by atoms with Crippen LogP contribution in [-0.4, -0.2) is 23.2 Å². The Balaban J connectivity index is 1.81. The van der Waals surface area contributed by atoms with Crippen LogP contribution in [0.4, 0.5) is 0 Å². The van der Waals surface area contributed by atoms with Gasteiger partial charge in [-0.3, -0.25) is 4.79 Å². The zero-order valence-electron chi connectivity index (χ0n) is 11.4. The van der Waals surface area contributed by atoms with E-state index in [1.807, 2.05) is 0 Å². The molecule has 0 bridgehead atoms. The third-order valence-electron chi connectivity index (χ3n) is 4.53. The molecule has 18 heavy (non-hydrogen) atoms. The molecule has 2 saturated carbocycles. The van der Waals surface area contributed by atoms with Crippen LogP contribution in [0, 0.1) is 5.92 Å². The first-order valence-corrected chi connectivity index (χ1v) is 7.76. The van der Waals surface area contributed by atoms with Crippen LogP contribution in [0.15, 0.2) is 0 Å². The van der Waals surface area contributed by atoms with Crippen molar-refractivity contribution >= 4 is 5.91 Å². The van der Waals surface area contributed by atoms with Crippen molar-refractivity contribution in [1.82, 2.24) is 5.32 Å². The zero-order chi connectivity index (χ0) is 12.8. The molecule has 2 rings (SSSR count). The Kier molecular flexibility index (Phi) is 5.48. The van der Waals surface area contributed by atoms with Crippen molar-refractivity contribution in [2.75, 3.05) is 0 Å². The normalized spacial score (nSPS) is 31.4. The van der Waals surface area contributed by atoms with E-state index in [9.17, 15) is 9.90 Å². The number of rotatable bonds is 2. The first-order valence-electron chi connectivity index (χ1n) is 7.76. The molecule has 0 aromatic heterocycles. The molecule has 0 saturated heterocycles. The molecule has 2 unspecified atom stereocenters. The van der Waals surface area contributed by atoms with Gasteiger partial charge in [-0.1, -0.05) is 44.9 Å². The molecule has 3 heteroatoms. The van der Waals surface area contributed by atoms with E-state index in [1.54, 1.807) is 0 Å². The van der Waals surface area contributed by atoms with E-state index in [0.29, 0.717) is 0 Å². The van der Waals surface area contributed by atoms with Crippen molar-refractivity contribution in [1.29, 1.82) is 0 Å². The molecular formula is C15H27NO2. The second kappa shape index (κ2) is 7.13. The van der Waals surface area contributed by atoms with E-state index in [2.05, 4.69) is 5.32 Å². The van der Waals surface area contributed by atoms with Gasteiger partial charge in [-0.25, -0.2) is 0 Å². The van der Waals surface area contributed by atoms with E-state index >= 15 is 0 Å². The summed E-state index contributed by atoms with van der Waals surface area (Å²) in [5.74, 6) is 0.391. The minimum absolute atomic E-state index is 0.0108. The predicted octanol–water partition coefficient (Wildman–Crippen LogP) is 2.77. The molecule has 2 N–H and O–H groups in total. The van der Waals surface area contributed by atoms with E-state index in [4.69, 9.17) is 0 Å². The fourth-order valence-corrected chi connectivity index (χ4v) is 3.30. The van der Waals surface area contributed by atoms with Crippen LogP contribution in [0.2, 0.25) is 0 Å². The van der Waals surface area contributed by atoms with Gasteiger partial charge in [-0.15, -0.1) is 0 Å². The fourth-order valence-electron chi connectivity index (χ4n) is 3.30. The summed E-state index contributed by atoms with van der Waals surface area (Å²) < 4.78 is 0. The van der Waals surface area contributed by atoms with Crippen LogP contribution in [0.1, 0.15) is 70.6 Å². The second-order valence-corrected chi connectivity index (χ2v) is 6.01. The zero-order valence-corrected chi connectivity index (χ0v) is 11.4. The smallest absolute Gasteiger partial charge is 0.223 e. The highest BCUT2D eigenvalue weighted by Crippen LogP contribution is 2.24. The number of aliphatic hydroxyl groups is 1. The summed E-state index contributed by atoms with van der Waals surface area (Å²) in [5, 5.41) is 13.0. The third-order valence-corrected chi connectivity index (χ3v) is 4.53. The number of hydrogen-bond acceptors (Lipinski definition) is 2. The summed E-state index contributed by atoms with van der Waals surface area (Å²) in [5.41, 5.74) is 0. The van der Waals surface area contributed by atoms with Gasteiger partial charge in [0, 0.05) is 5.92 Å². The molecule has 2 atom stereocenters. The van der Waals surface area contributed by atoms with E-state index in [0.717, 1.165) is 38.5 Å². The molecule has 0 aromatic carbocycles. The average Bonchev–Trinajstić information content (AvgIpc) is 2.31. The number of nitrogens with one attached hydrogen (secondary N) is 1. The van der Waals surface area contributed by atoms with E-state index < -0.39 is 0 Å². The first kappa shape index (κ1) is 13.9. The average molecular weight is 253 g/mol. The van der Waals surface area contributed by atoms with Gasteiger partial charge in [0.2, 0.25) is 5.91 Å². The van der Waals surface area contributed by atoms with Crippen molar-refractivity contribution in [3.8, 4) is 0 Å². The van der Waals surface area contributed by atoms with Crippen LogP contribution < -0.4 is 5.32 Å². The quantitative estimate of drug-likeness (QED) is 0.795. The highest BCUT2D eigenvalue weighted by molar-refractivity contribution is 5.79. The maximum atomic E-state index is 12.3. The molecule has 2 aliphatic rings. The van der Waals surface area contributed by atoms with Crippen molar-refractivity contribution in [2.45, 2.75) is 82.8 Å². The lowest BCUT2D eigenvalue weighted by molar-refractivity contribution is -0.127. The standard InChI is InChI=1S/C15H27NO2/c17-14-11-7-6-10-13(14)16-15(18)12-8-4-2-1-3-5-9-12/h12-14,17H,1-11H2,(H,16,18). The Bertz CT molecular complexity index is 259. The lowest BCUT2D eigenvalue weighted by Crippen LogP contribution is -2.47. The largest absolute Gasteiger partial charge is 0.391 e. The molecule has 0 aromatic rings. The molecule has 2 fully saturated rings. The summed E-state index contributed by atoms with van der Waals surface area (Å²) in [7, 11) is 0. The summed E-state index contributed by atoms with van der Waals surface area (Å²) >= 11 is 0. The monoisotopic (exact) mass is 253 g/mol. The number of amides is 1. The lowest BCUT2D eigenvalue weighted by Gasteiger charge is -2.30. The topological polar surface area (TPSA) is 49.3 Å². The van der Waals surface area contributed by atoms with Crippen molar-refractivity contribution in [3.05, 3.63) is 0 Å². The van der Waals surface area contributed by atoms with Crippen LogP contribution in [0.25, 0.3) is 0 Å². The van der Waals surface area contributed by atoms with Gasteiger partial charge in [0.15, 0.2) is 0 Å². The van der Waals surface area contributed by atoms with Gasteiger partial charge in [0.25, 0.3) is 0 Å². The molecule has 2 aliphatic carbocycles. The molecule has 104 valence electrons. The number of hydrogen-bond donors (Lipinski definition) is 2. The van der Waals surface area contributed by atoms with Crippen LogP contribution >= 0.6 is 0 Å². The second-order valence-electron chi connectivity index (χ2n) is 6.01. The highest BCUT2D eigenvalue weighted by atomic mass is 16.3. The van der Waals surface area contributed by atoms with Gasteiger partial charge >= 0.3 is 0 Å². The molecule has 0 heterocycles. The van der Waals surface area contributed by atoms with Crippen molar-refractivity contribution < 1.29 is 9.90 Å². The molecule has 0 spiro atoms. The maximum Gasteiger partial charge on any atom is 0.223 e. The third kappa shape index (κ3) is 3.98. The van der Waals surface area contributed by atoms with Gasteiger partial charge < -0.3 is 10.4 Å². The van der Waals surface area contributed by atoms with Crippen molar-refractivity contribution in [2.24, 2.45) is 5.92 Å². The summed E-state index contributed by atoms with van der Waals surface area (Å²) in [4.78, 5) is 12.3. The molecule has 3 nitrogen and oxygen atoms in total. The van der Waals surface area contributed by atoms with E-state index in [-0.39, 0.29) is 24.0 Å². The van der Waals surface area contributed by atoms with E-state index in [1.165, 1.54) is 32.1 Å². The molecular weight excluding hydrogens is 226 g/mol. The van der Waals surface area contributed by atoms with Gasteiger partial charge in [-0.05, 0) is 25.7 Å². The summed E-state index contributed by atoms with van der Waals surface area (Å²) in [6.45, 7) is 0. The Morgan fingerprint density at radius 3 is 2.06 bits per heavy atom. The molecule has 1 amide bonds. The first-order chi connectivity index (χ1) is 8.77. The van der Waals surface area contributed by atoms with Crippen molar-refractivity contribution in [3.63, 3.8) is 0 Å². The van der Waals surface area contributed by atoms with Gasteiger partial charge in [0.05, 0.1) is 12.1 Å². The fraction of sp³-hybridized carbons (Fsp3) is 0.933. The summed E-state index contributed by atoms with van der Waals surface area (Å²) in [6.07, 6.45) is 12.0. The van der Waals surface area contributed by atoms with Gasteiger partial charge in [0.1, 0.15) is 0 Å². The Morgan fingerprint density at radius 2 is 1.39 bits per heavy atom. The minimum atomic E-state index is -0.323. The summed E-state index contributed by atoms with van der Waals surface area (Å²) in [6, 6.07) is 0.0108. The predicted molar refractivity (Wildman–Crippen MR) is 72.2 cm³/mol. The van der Waals surface area contributed by atoms with Gasteiger partial charge in [-0.2, -0.15) is 0 Å².